The number of rotatable bonds is 3. The summed E-state index contributed by atoms with van der Waals surface area (Å²) in [4.78, 5) is 22.5. The Bertz CT molecular complexity index is 441. The zero-order chi connectivity index (χ0) is 13.8. The molecule has 19 heavy (non-hydrogen) atoms. The summed E-state index contributed by atoms with van der Waals surface area (Å²) in [5.41, 5.74) is 2.29. The Morgan fingerprint density at radius 2 is 2.16 bits per heavy atom. The normalized spacial score (nSPS) is 18.4. The third kappa shape index (κ3) is 3.10. The van der Waals surface area contributed by atoms with E-state index >= 15 is 0 Å². The van der Waals surface area contributed by atoms with Crippen LogP contribution in [0.3, 0.4) is 0 Å². The van der Waals surface area contributed by atoms with Gasteiger partial charge in [-0.1, -0.05) is 0 Å². The second kappa shape index (κ2) is 6.10. The lowest BCUT2D eigenvalue weighted by molar-refractivity contribution is -0.133. The van der Waals surface area contributed by atoms with Crippen molar-refractivity contribution in [2.24, 2.45) is 0 Å². The van der Waals surface area contributed by atoms with E-state index in [9.17, 15) is 4.79 Å². The lowest BCUT2D eigenvalue weighted by Gasteiger charge is -2.33. The van der Waals surface area contributed by atoms with E-state index in [1.54, 1.807) is 6.33 Å². The van der Waals surface area contributed by atoms with E-state index in [2.05, 4.69) is 22.2 Å². The maximum absolute atomic E-state index is 12.1. The van der Waals surface area contributed by atoms with Crippen LogP contribution in [-0.4, -0.2) is 47.0 Å². The second-order valence-corrected chi connectivity index (χ2v) is 5.20. The van der Waals surface area contributed by atoms with Crippen molar-refractivity contribution >= 4 is 5.91 Å². The Morgan fingerprint density at radius 1 is 1.47 bits per heavy atom. The number of likely N-dealkylation sites (tertiary alicyclic amines) is 1. The molecular weight excluding hydrogens is 240 g/mol. The van der Waals surface area contributed by atoms with Crippen LogP contribution in [0.4, 0.5) is 0 Å². The molecule has 0 radical (unpaired) electrons. The number of hydrogen-bond donors (Lipinski definition) is 1. The Labute approximate surface area is 114 Å². The summed E-state index contributed by atoms with van der Waals surface area (Å²) in [6.45, 7) is 5.59. The molecule has 2 rings (SSSR count). The Morgan fingerprint density at radius 3 is 2.74 bits per heavy atom. The second-order valence-electron chi connectivity index (χ2n) is 5.20. The molecule has 104 valence electrons. The third-order valence-corrected chi connectivity index (χ3v) is 3.93. The smallest absolute Gasteiger partial charge is 0.239 e. The van der Waals surface area contributed by atoms with Crippen LogP contribution in [-0.2, 0) is 4.79 Å². The highest BCUT2D eigenvalue weighted by molar-refractivity contribution is 5.81. The number of piperidine rings is 1. The van der Waals surface area contributed by atoms with Crippen LogP contribution >= 0.6 is 0 Å². The van der Waals surface area contributed by atoms with Crippen molar-refractivity contribution in [1.29, 1.82) is 0 Å². The molecule has 1 aliphatic heterocycles. The van der Waals surface area contributed by atoms with E-state index in [1.807, 2.05) is 25.1 Å². The van der Waals surface area contributed by atoms with Crippen LogP contribution in [0.2, 0.25) is 0 Å². The van der Waals surface area contributed by atoms with Crippen LogP contribution in [0.25, 0.3) is 0 Å². The molecule has 1 saturated heterocycles. The fourth-order valence-corrected chi connectivity index (χ4v) is 2.61. The van der Waals surface area contributed by atoms with Crippen LogP contribution in [0.15, 0.2) is 12.5 Å². The van der Waals surface area contributed by atoms with Gasteiger partial charge in [-0.05, 0) is 39.3 Å². The highest BCUT2D eigenvalue weighted by Crippen LogP contribution is 2.28. The fraction of sp³-hybridized carbons (Fsp3) is 0.643. The van der Waals surface area contributed by atoms with Crippen LogP contribution in [0, 0.1) is 6.92 Å². The van der Waals surface area contributed by atoms with Gasteiger partial charge in [0.1, 0.15) is 6.33 Å². The van der Waals surface area contributed by atoms with Crippen molar-refractivity contribution in [3.05, 3.63) is 23.8 Å². The first-order valence-electron chi connectivity index (χ1n) is 6.86. The number of likely N-dealkylation sites (N-methyl/N-ethyl adjacent to an activating group) is 1. The molecule has 1 aliphatic rings. The average molecular weight is 262 g/mol. The van der Waals surface area contributed by atoms with Gasteiger partial charge < -0.3 is 10.2 Å². The van der Waals surface area contributed by atoms with Gasteiger partial charge in [-0.15, -0.1) is 0 Å². The zero-order valence-corrected chi connectivity index (χ0v) is 11.9. The highest BCUT2D eigenvalue weighted by atomic mass is 16.2. The summed E-state index contributed by atoms with van der Waals surface area (Å²) in [7, 11) is 1.82. The third-order valence-electron chi connectivity index (χ3n) is 3.93. The van der Waals surface area contributed by atoms with Gasteiger partial charge >= 0.3 is 0 Å². The van der Waals surface area contributed by atoms with E-state index < -0.39 is 0 Å². The molecule has 5 heteroatoms. The molecule has 0 bridgehead atoms. The highest BCUT2D eigenvalue weighted by Gasteiger charge is 2.27. The predicted molar refractivity (Wildman–Crippen MR) is 73.8 cm³/mol. The van der Waals surface area contributed by atoms with Gasteiger partial charge in [-0.2, -0.15) is 0 Å². The summed E-state index contributed by atoms with van der Waals surface area (Å²) in [6, 6.07) is -0.0997. The van der Waals surface area contributed by atoms with Crippen molar-refractivity contribution in [3.8, 4) is 0 Å². The maximum atomic E-state index is 12.1. The molecule has 0 saturated carbocycles. The number of amides is 1. The Balaban J connectivity index is 1.96. The first-order valence-corrected chi connectivity index (χ1v) is 6.86. The molecule has 1 N–H and O–H groups in total. The van der Waals surface area contributed by atoms with Crippen LogP contribution in [0.5, 0.6) is 0 Å². The molecular formula is C14H22N4O. The lowest BCUT2D eigenvalue weighted by atomic mass is 9.91. The Kier molecular flexibility index (Phi) is 4.47. The topological polar surface area (TPSA) is 58.1 Å². The summed E-state index contributed by atoms with van der Waals surface area (Å²) in [5.74, 6) is 0.650. The van der Waals surface area contributed by atoms with E-state index in [-0.39, 0.29) is 11.9 Å². The average Bonchev–Trinajstić information content (AvgIpc) is 2.46. The minimum Gasteiger partial charge on any atom is -0.341 e. The van der Waals surface area contributed by atoms with Crippen molar-refractivity contribution < 1.29 is 4.79 Å². The molecule has 1 atom stereocenters. The fourth-order valence-electron chi connectivity index (χ4n) is 2.61. The van der Waals surface area contributed by atoms with Crippen LogP contribution < -0.4 is 5.32 Å². The number of nitrogens with one attached hydrogen (secondary N) is 1. The van der Waals surface area contributed by atoms with Gasteiger partial charge in [0, 0.05) is 30.9 Å². The Hall–Kier alpha value is -1.49. The number of aryl methyl sites for hydroxylation is 1. The molecule has 2 heterocycles. The van der Waals surface area contributed by atoms with E-state index in [4.69, 9.17) is 0 Å². The van der Waals surface area contributed by atoms with Crippen molar-refractivity contribution in [2.75, 3.05) is 20.1 Å². The molecule has 1 aromatic rings. The molecule has 1 aromatic heterocycles. The van der Waals surface area contributed by atoms with Gasteiger partial charge in [0.15, 0.2) is 0 Å². The molecule has 1 fully saturated rings. The summed E-state index contributed by atoms with van der Waals surface area (Å²) in [5, 5.41) is 3.00. The van der Waals surface area contributed by atoms with Crippen molar-refractivity contribution in [3.63, 3.8) is 0 Å². The number of carbonyl (C=O) groups excluding carboxylic acids is 1. The summed E-state index contributed by atoms with van der Waals surface area (Å²) >= 11 is 0. The van der Waals surface area contributed by atoms with E-state index in [0.717, 1.165) is 37.2 Å². The standard InChI is InChI=1S/C14H22N4O/c1-10-8-16-9-17-13(10)12-4-6-18(7-5-12)14(19)11(2)15-3/h8-9,11-12,15H,4-7H2,1-3H3/t11-/m0/s1. The summed E-state index contributed by atoms with van der Waals surface area (Å²) < 4.78 is 0. The molecule has 5 nitrogen and oxygen atoms in total. The summed E-state index contributed by atoms with van der Waals surface area (Å²) in [6.07, 6.45) is 5.45. The SMILES string of the molecule is CN[C@@H](C)C(=O)N1CCC(c2ncncc2C)CC1. The van der Waals surface area contributed by atoms with Gasteiger partial charge in [0.25, 0.3) is 0 Å². The number of hydrogen-bond acceptors (Lipinski definition) is 4. The number of nitrogens with zero attached hydrogens (tertiary/aromatic N) is 3. The first-order chi connectivity index (χ1) is 9.13. The molecule has 0 aromatic carbocycles. The number of aromatic nitrogens is 2. The molecule has 1 amide bonds. The van der Waals surface area contributed by atoms with Gasteiger partial charge in [-0.25, -0.2) is 9.97 Å². The zero-order valence-electron chi connectivity index (χ0n) is 11.9. The van der Waals surface area contributed by atoms with Crippen molar-refractivity contribution in [2.45, 2.75) is 38.6 Å². The van der Waals surface area contributed by atoms with Gasteiger partial charge in [-0.3, -0.25) is 4.79 Å². The van der Waals surface area contributed by atoms with Gasteiger partial charge in [0.2, 0.25) is 5.91 Å². The maximum Gasteiger partial charge on any atom is 0.239 e. The molecule has 0 aliphatic carbocycles. The monoisotopic (exact) mass is 262 g/mol. The minimum absolute atomic E-state index is 0.0997. The lowest BCUT2D eigenvalue weighted by Crippen LogP contribution is -2.46. The molecule has 0 spiro atoms. The largest absolute Gasteiger partial charge is 0.341 e. The minimum atomic E-state index is -0.0997. The number of carbonyl (C=O) groups is 1. The predicted octanol–water partition coefficient (Wildman–Crippen LogP) is 1.10. The van der Waals surface area contributed by atoms with E-state index in [0.29, 0.717) is 5.92 Å². The van der Waals surface area contributed by atoms with Crippen LogP contribution in [0.1, 0.15) is 36.9 Å². The van der Waals surface area contributed by atoms with Gasteiger partial charge in [0.05, 0.1) is 6.04 Å². The molecule has 0 unspecified atom stereocenters. The first kappa shape index (κ1) is 13.9. The van der Waals surface area contributed by atoms with Crippen molar-refractivity contribution in [1.82, 2.24) is 20.2 Å². The quantitative estimate of drug-likeness (QED) is 0.886. The van der Waals surface area contributed by atoms with E-state index in [1.165, 1.54) is 0 Å².